The summed E-state index contributed by atoms with van der Waals surface area (Å²) in [6, 6.07) is 5.90. The van der Waals surface area contributed by atoms with E-state index in [1.54, 1.807) is 0 Å². The molecule has 1 atom stereocenters. The average molecular weight is 404 g/mol. The molecule has 2 aromatic rings. The molecule has 2 rings (SSSR count). The summed E-state index contributed by atoms with van der Waals surface area (Å²) in [5.41, 5.74) is 0.108. The molecular formula is C19H20N2O8. The van der Waals surface area contributed by atoms with Crippen LogP contribution in [0.25, 0.3) is 0 Å². The molecule has 0 spiro atoms. The minimum Gasteiger partial charge on any atom is -0.504 e. The van der Waals surface area contributed by atoms with Gasteiger partial charge < -0.3 is 35.8 Å². The van der Waals surface area contributed by atoms with Crippen LogP contribution < -0.4 is 10.6 Å². The summed E-state index contributed by atoms with van der Waals surface area (Å²) in [5.74, 6) is -3.68. The van der Waals surface area contributed by atoms with Crippen LogP contribution in [0.3, 0.4) is 0 Å². The zero-order valence-electron chi connectivity index (χ0n) is 15.4. The lowest BCUT2D eigenvalue weighted by Gasteiger charge is -2.17. The Balaban J connectivity index is 1.98. The van der Waals surface area contributed by atoms with Gasteiger partial charge in [0.2, 0.25) is 0 Å². The highest BCUT2D eigenvalue weighted by Crippen LogP contribution is 2.25. The van der Waals surface area contributed by atoms with Crippen molar-refractivity contribution in [3.63, 3.8) is 0 Å². The number of phenols is 4. The fraction of sp³-hybridized carbons (Fsp3) is 0.211. The van der Waals surface area contributed by atoms with Gasteiger partial charge in [0.1, 0.15) is 6.04 Å². The van der Waals surface area contributed by atoms with Gasteiger partial charge in [-0.25, -0.2) is 4.79 Å². The van der Waals surface area contributed by atoms with Crippen molar-refractivity contribution in [3.8, 4) is 23.0 Å². The first kappa shape index (κ1) is 21.4. The van der Waals surface area contributed by atoms with Crippen molar-refractivity contribution in [1.82, 2.24) is 10.6 Å². The highest BCUT2D eigenvalue weighted by atomic mass is 16.5. The van der Waals surface area contributed by atoms with Crippen LogP contribution in [-0.2, 0) is 9.53 Å². The lowest BCUT2D eigenvalue weighted by molar-refractivity contribution is -0.143. The first-order valence-electron chi connectivity index (χ1n) is 8.43. The predicted molar refractivity (Wildman–Crippen MR) is 99.8 cm³/mol. The summed E-state index contributed by atoms with van der Waals surface area (Å²) in [4.78, 5) is 36.3. The van der Waals surface area contributed by atoms with Gasteiger partial charge in [-0.1, -0.05) is 0 Å². The SMILES string of the molecule is COC(=O)C(CCNC(=O)c1ccc(O)c(O)c1)NC(=O)c1ccc(O)c(O)c1. The zero-order chi connectivity index (χ0) is 21.6. The first-order valence-corrected chi connectivity index (χ1v) is 8.43. The van der Waals surface area contributed by atoms with Gasteiger partial charge in [-0.05, 0) is 42.8 Å². The molecule has 10 heteroatoms. The molecule has 2 aromatic carbocycles. The van der Waals surface area contributed by atoms with Gasteiger partial charge in [0.25, 0.3) is 11.8 Å². The molecule has 6 N–H and O–H groups in total. The first-order chi connectivity index (χ1) is 13.7. The predicted octanol–water partition coefficient (Wildman–Crippen LogP) is 0.600. The molecule has 0 saturated heterocycles. The number of nitrogens with one attached hydrogen (secondary N) is 2. The van der Waals surface area contributed by atoms with Crippen molar-refractivity contribution >= 4 is 17.8 Å². The highest BCUT2D eigenvalue weighted by Gasteiger charge is 2.23. The van der Waals surface area contributed by atoms with Gasteiger partial charge in [-0.15, -0.1) is 0 Å². The lowest BCUT2D eigenvalue weighted by Crippen LogP contribution is -2.43. The van der Waals surface area contributed by atoms with Crippen LogP contribution in [0.4, 0.5) is 0 Å². The van der Waals surface area contributed by atoms with E-state index in [-0.39, 0.29) is 29.8 Å². The van der Waals surface area contributed by atoms with Gasteiger partial charge >= 0.3 is 5.97 Å². The van der Waals surface area contributed by atoms with Crippen molar-refractivity contribution < 1.29 is 39.5 Å². The monoisotopic (exact) mass is 404 g/mol. The van der Waals surface area contributed by atoms with Crippen LogP contribution in [-0.4, -0.2) is 57.9 Å². The maximum atomic E-state index is 12.3. The zero-order valence-corrected chi connectivity index (χ0v) is 15.4. The van der Waals surface area contributed by atoms with E-state index in [1.165, 1.54) is 12.1 Å². The maximum Gasteiger partial charge on any atom is 0.328 e. The Morgan fingerprint density at radius 3 is 1.86 bits per heavy atom. The smallest absolute Gasteiger partial charge is 0.328 e. The number of phenolic OH excluding ortho intramolecular Hbond substituents is 4. The molecule has 0 heterocycles. The molecular weight excluding hydrogens is 384 g/mol. The van der Waals surface area contributed by atoms with Gasteiger partial charge in [0.15, 0.2) is 23.0 Å². The van der Waals surface area contributed by atoms with Crippen LogP contribution in [0, 0.1) is 0 Å². The summed E-state index contributed by atoms with van der Waals surface area (Å²) in [7, 11) is 1.14. The number of hydrogen-bond acceptors (Lipinski definition) is 8. The fourth-order valence-corrected chi connectivity index (χ4v) is 2.39. The third-order valence-electron chi connectivity index (χ3n) is 3.98. The van der Waals surface area contributed by atoms with E-state index in [4.69, 9.17) is 0 Å². The van der Waals surface area contributed by atoms with E-state index in [1.807, 2.05) is 0 Å². The number of ether oxygens (including phenoxy) is 1. The number of hydrogen-bond donors (Lipinski definition) is 6. The second-order valence-electron chi connectivity index (χ2n) is 6.00. The maximum absolute atomic E-state index is 12.3. The third-order valence-corrected chi connectivity index (χ3v) is 3.98. The quantitative estimate of drug-likeness (QED) is 0.288. The van der Waals surface area contributed by atoms with Crippen molar-refractivity contribution in [2.75, 3.05) is 13.7 Å². The number of benzene rings is 2. The Labute approximate surface area is 165 Å². The van der Waals surface area contributed by atoms with E-state index >= 15 is 0 Å². The fourth-order valence-electron chi connectivity index (χ4n) is 2.39. The van der Waals surface area contributed by atoms with Crippen molar-refractivity contribution in [2.45, 2.75) is 12.5 Å². The number of amides is 2. The number of esters is 1. The molecule has 0 aliphatic carbocycles. The second-order valence-corrected chi connectivity index (χ2v) is 6.00. The summed E-state index contributed by atoms with van der Waals surface area (Å²) in [6.07, 6.45) is -0.00170. The lowest BCUT2D eigenvalue weighted by atomic mass is 10.1. The van der Waals surface area contributed by atoms with Gasteiger partial charge in [0, 0.05) is 17.7 Å². The molecule has 0 aliphatic rings. The van der Waals surface area contributed by atoms with E-state index in [0.29, 0.717) is 0 Å². The molecule has 10 nitrogen and oxygen atoms in total. The van der Waals surface area contributed by atoms with Crippen LogP contribution in [0.2, 0.25) is 0 Å². The molecule has 154 valence electrons. The number of aromatic hydroxyl groups is 4. The normalized spacial score (nSPS) is 11.3. The molecule has 0 saturated carbocycles. The van der Waals surface area contributed by atoms with Gasteiger partial charge in [0.05, 0.1) is 7.11 Å². The van der Waals surface area contributed by atoms with Crippen LogP contribution >= 0.6 is 0 Å². The summed E-state index contributed by atoms with van der Waals surface area (Å²) >= 11 is 0. The van der Waals surface area contributed by atoms with Crippen LogP contribution in [0.1, 0.15) is 27.1 Å². The molecule has 1 unspecified atom stereocenters. The van der Waals surface area contributed by atoms with E-state index < -0.39 is 41.1 Å². The molecule has 0 fully saturated rings. The number of carbonyl (C=O) groups is 3. The third kappa shape index (κ3) is 5.51. The molecule has 2 amide bonds. The molecule has 0 aromatic heterocycles. The van der Waals surface area contributed by atoms with E-state index in [9.17, 15) is 34.8 Å². The van der Waals surface area contributed by atoms with Crippen molar-refractivity contribution in [1.29, 1.82) is 0 Å². The molecule has 0 bridgehead atoms. The Bertz CT molecular complexity index is 928. The minimum absolute atomic E-state index is 0.00170. The Kier molecular flexibility index (Phi) is 6.85. The topological polar surface area (TPSA) is 165 Å². The summed E-state index contributed by atoms with van der Waals surface area (Å²) in [5, 5.41) is 42.4. The number of rotatable bonds is 7. The van der Waals surface area contributed by atoms with E-state index in [0.717, 1.165) is 31.4 Å². The van der Waals surface area contributed by atoms with Crippen molar-refractivity contribution in [2.24, 2.45) is 0 Å². The molecule has 0 aliphatic heterocycles. The average Bonchev–Trinajstić information content (AvgIpc) is 2.70. The molecule has 0 radical (unpaired) electrons. The van der Waals surface area contributed by atoms with Gasteiger partial charge in [-0.3, -0.25) is 9.59 Å². The van der Waals surface area contributed by atoms with Crippen LogP contribution in [0.15, 0.2) is 36.4 Å². The standard InChI is InChI=1S/C19H20N2O8/c1-29-19(28)12(21-18(27)11-3-5-14(23)16(25)9-11)6-7-20-17(26)10-2-4-13(22)15(24)8-10/h2-5,8-9,12,22-25H,6-7H2,1H3,(H,20,26)(H,21,27). The Hall–Kier alpha value is -3.95. The van der Waals surface area contributed by atoms with E-state index in [2.05, 4.69) is 15.4 Å². The summed E-state index contributed by atoms with van der Waals surface area (Å²) in [6.45, 7) is -0.0126. The molecule has 29 heavy (non-hydrogen) atoms. The largest absolute Gasteiger partial charge is 0.504 e. The Morgan fingerprint density at radius 2 is 1.38 bits per heavy atom. The Morgan fingerprint density at radius 1 is 0.862 bits per heavy atom. The van der Waals surface area contributed by atoms with Crippen LogP contribution in [0.5, 0.6) is 23.0 Å². The minimum atomic E-state index is -1.09. The second kappa shape index (κ2) is 9.31. The summed E-state index contributed by atoms with van der Waals surface area (Å²) < 4.78 is 4.65. The number of methoxy groups -OCH3 is 1. The number of carbonyl (C=O) groups excluding carboxylic acids is 3. The highest BCUT2D eigenvalue weighted by molar-refractivity contribution is 5.97. The van der Waals surface area contributed by atoms with Gasteiger partial charge in [-0.2, -0.15) is 0 Å². The van der Waals surface area contributed by atoms with Crippen molar-refractivity contribution in [3.05, 3.63) is 47.5 Å².